The van der Waals surface area contributed by atoms with Crippen LogP contribution in [0.4, 0.5) is 5.69 Å². The first-order valence-electron chi connectivity index (χ1n) is 6.59. The van der Waals surface area contributed by atoms with Gasteiger partial charge in [-0.2, -0.15) is 0 Å². The van der Waals surface area contributed by atoms with Crippen molar-refractivity contribution in [2.24, 2.45) is 0 Å². The number of rotatable bonds is 6. The number of amides is 1. The minimum atomic E-state index is -0.403. The summed E-state index contributed by atoms with van der Waals surface area (Å²) in [5, 5.41) is 12.4. The van der Waals surface area contributed by atoms with E-state index in [0.717, 1.165) is 17.9 Å². The van der Waals surface area contributed by atoms with Crippen LogP contribution >= 0.6 is 0 Å². The number of nitrogens with one attached hydrogen (secondary N) is 1. The highest BCUT2D eigenvalue weighted by Gasteiger charge is 2.16. The summed E-state index contributed by atoms with van der Waals surface area (Å²) in [6, 6.07) is 1.87. The fourth-order valence-corrected chi connectivity index (χ4v) is 1.75. The largest absolute Gasteiger partial charge is 0.393 e. The highest BCUT2D eigenvalue weighted by Crippen LogP contribution is 2.17. The zero-order valence-corrected chi connectivity index (χ0v) is 12.1. The van der Waals surface area contributed by atoms with Gasteiger partial charge in [0.05, 0.1) is 17.4 Å². The molecule has 0 aliphatic rings. The minimum Gasteiger partial charge on any atom is -0.393 e. The van der Waals surface area contributed by atoms with Crippen molar-refractivity contribution in [1.29, 1.82) is 0 Å². The van der Waals surface area contributed by atoms with Gasteiger partial charge < -0.3 is 15.3 Å². The number of aliphatic hydroxyl groups excluding tert-OH is 1. The third kappa shape index (κ3) is 4.52. The van der Waals surface area contributed by atoms with Crippen LogP contribution in [-0.4, -0.2) is 47.1 Å². The molecule has 0 saturated heterocycles. The molecule has 0 aliphatic carbocycles. The Morgan fingerprint density at radius 1 is 1.58 bits per heavy atom. The number of hydrogen-bond donors (Lipinski definition) is 2. The van der Waals surface area contributed by atoms with E-state index in [9.17, 15) is 9.90 Å². The predicted molar refractivity (Wildman–Crippen MR) is 76.4 cm³/mol. The van der Waals surface area contributed by atoms with Crippen molar-refractivity contribution >= 4 is 11.6 Å². The summed E-state index contributed by atoms with van der Waals surface area (Å²) in [6.45, 7) is 6.88. The Bertz CT molecular complexity index is 433. The van der Waals surface area contributed by atoms with Crippen LogP contribution in [0.5, 0.6) is 0 Å². The van der Waals surface area contributed by atoms with E-state index < -0.39 is 6.10 Å². The van der Waals surface area contributed by atoms with E-state index in [1.807, 2.05) is 19.9 Å². The van der Waals surface area contributed by atoms with Gasteiger partial charge in [-0.3, -0.25) is 9.78 Å². The number of hydrogen-bond acceptors (Lipinski definition) is 4. The summed E-state index contributed by atoms with van der Waals surface area (Å²) >= 11 is 0. The van der Waals surface area contributed by atoms with Crippen molar-refractivity contribution in [3.05, 3.63) is 23.5 Å². The molecule has 1 amide bonds. The smallest absolute Gasteiger partial charge is 0.257 e. The fraction of sp³-hybridized carbons (Fsp3) is 0.571. The third-order valence-electron chi connectivity index (χ3n) is 2.87. The van der Waals surface area contributed by atoms with Crippen LogP contribution in [0.25, 0.3) is 0 Å². The van der Waals surface area contributed by atoms with Crippen LogP contribution < -0.4 is 5.32 Å². The summed E-state index contributed by atoms with van der Waals surface area (Å²) in [7, 11) is 1.74. The van der Waals surface area contributed by atoms with E-state index in [1.54, 1.807) is 25.1 Å². The van der Waals surface area contributed by atoms with E-state index in [-0.39, 0.29) is 5.91 Å². The normalized spacial score (nSPS) is 12.1. The Balaban J connectivity index is 2.86. The van der Waals surface area contributed by atoms with Crippen LogP contribution in [-0.2, 0) is 0 Å². The van der Waals surface area contributed by atoms with Crippen molar-refractivity contribution in [3.63, 3.8) is 0 Å². The van der Waals surface area contributed by atoms with Gasteiger partial charge >= 0.3 is 0 Å². The second-order valence-electron chi connectivity index (χ2n) is 4.77. The van der Waals surface area contributed by atoms with Gasteiger partial charge in [0.1, 0.15) is 0 Å². The molecule has 106 valence electrons. The van der Waals surface area contributed by atoms with Gasteiger partial charge in [0.15, 0.2) is 0 Å². The summed E-state index contributed by atoms with van der Waals surface area (Å²) in [5.41, 5.74) is 2.25. The fourth-order valence-electron chi connectivity index (χ4n) is 1.75. The second kappa shape index (κ2) is 7.09. The first kappa shape index (κ1) is 15.4. The summed E-state index contributed by atoms with van der Waals surface area (Å²) in [6.07, 6.45) is 1.77. The number of pyridine rings is 1. The average molecular weight is 265 g/mol. The van der Waals surface area contributed by atoms with Gasteiger partial charge in [0, 0.05) is 32.0 Å². The molecule has 0 fully saturated rings. The van der Waals surface area contributed by atoms with Gasteiger partial charge in [-0.25, -0.2) is 0 Å². The molecule has 1 atom stereocenters. The molecule has 0 aromatic carbocycles. The Kier molecular flexibility index (Phi) is 5.76. The van der Waals surface area contributed by atoms with E-state index in [1.165, 1.54) is 0 Å². The molecule has 0 radical (unpaired) electrons. The SMILES string of the molecule is CCNc1cc(C)ncc1C(=O)N(C)CCC(C)O. The second-order valence-corrected chi connectivity index (χ2v) is 4.77. The molecule has 0 aliphatic heterocycles. The van der Waals surface area contributed by atoms with Crippen molar-refractivity contribution in [2.45, 2.75) is 33.3 Å². The first-order chi connectivity index (χ1) is 8.95. The molecular formula is C14H23N3O2. The van der Waals surface area contributed by atoms with Crippen LogP contribution in [0, 0.1) is 6.92 Å². The Morgan fingerprint density at radius 2 is 2.26 bits per heavy atom. The Hall–Kier alpha value is -1.62. The number of anilines is 1. The monoisotopic (exact) mass is 265 g/mol. The molecule has 0 spiro atoms. The van der Waals surface area contributed by atoms with Gasteiger partial charge in [-0.05, 0) is 33.3 Å². The van der Waals surface area contributed by atoms with Crippen molar-refractivity contribution < 1.29 is 9.90 Å². The minimum absolute atomic E-state index is 0.0795. The maximum absolute atomic E-state index is 12.3. The first-order valence-corrected chi connectivity index (χ1v) is 6.59. The maximum Gasteiger partial charge on any atom is 0.257 e. The number of aryl methyl sites for hydroxylation is 1. The van der Waals surface area contributed by atoms with Gasteiger partial charge in [-0.1, -0.05) is 0 Å². The molecule has 5 heteroatoms. The lowest BCUT2D eigenvalue weighted by molar-refractivity contribution is 0.0769. The average Bonchev–Trinajstić information content (AvgIpc) is 2.35. The van der Waals surface area contributed by atoms with E-state index in [0.29, 0.717) is 18.5 Å². The van der Waals surface area contributed by atoms with Gasteiger partial charge in [0.2, 0.25) is 0 Å². The van der Waals surface area contributed by atoms with Crippen molar-refractivity contribution in [2.75, 3.05) is 25.5 Å². The summed E-state index contributed by atoms with van der Waals surface area (Å²) in [5.74, 6) is -0.0795. The van der Waals surface area contributed by atoms with Crippen molar-refractivity contribution in [1.82, 2.24) is 9.88 Å². The summed E-state index contributed by atoms with van der Waals surface area (Å²) in [4.78, 5) is 18.1. The van der Waals surface area contributed by atoms with Gasteiger partial charge in [-0.15, -0.1) is 0 Å². The number of nitrogens with zero attached hydrogens (tertiary/aromatic N) is 2. The lowest BCUT2D eigenvalue weighted by Crippen LogP contribution is -2.30. The van der Waals surface area contributed by atoms with Crippen LogP contribution in [0.2, 0.25) is 0 Å². The van der Waals surface area contributed by atoms with Crippen LogP contribution in [0.1, 0.15) is 36.3 Å². The molecule has 2 N–H and O–H groups in total. The molecule has 1 rings (SSSR count). The Morgan fingerprint density at radius 3 is 2.84 bits per heavy atom. The standard InChI is InChI=1S/C14H23N3O2/c1-5-15-13-8-10(2)16-9-12(13)14(19)17(4)7-6-11(3)18/h8-9,11,18H,5-7H2,1-4H3,(H,15,16). The lowest BCUT2D eigenvalue weighted by atomic mass is 10.1. The van der Waals surface area contributed by atoms with E-state index in [4.69, 9.17) is 0 Å². The molecule has 5 nitrogen and oxygen atoms in total. The quantitative estimate of drug-likeness (QED) is 0.821. The number of aliphatic hydroxyl groups is 1. The van der Waals surface area contributed by atoms with E-state index >= 15 is 0 Å². The number of carbonyl (C=O) groups excluding carboxylic acids is 1. The zero-order chi connectivity index (χ0) is 14.4. The van der Waals surface area contributed by atoms with Crippen molar-refractivity contribution in [3.8, 4) is 0 Å². The van der Waals surface area contributed by atoms with Crippen LogP contribution in [0.3, 0.4) is 0 Å². The molecule has 0 bridgehead atoms. The molecule has 0 saturated carbocycles. The van der Waals surface area contributed by atoms with E-state index in [2.05, 4.69) is 10.3 Å². The Labute approximate surface area is 114 Å². The molecule has 1 aromatic rings. The predicted octanol–water partition coefficient (Wildman–Crippen LogP) is 1.66. The van der Waals surface area contributed by atoms with Crippen LogP contribution in [0.15, 0.2) is 12.3 Å². The third-order valence-corrected chi connectivity index (χ3v) is 2.87. The molecule has 1 aromatic heterocycles. The highest BCUT2D eigenvalue weighted by atomic mass is 16.3. The number of aromatic nitrogens is 1. The molecule has 1 unspecified atom stereocenters. The highest BCUT2D eigenvalue weighted by molar-refractivity contribution is 5.99. The number of carbonyl (C=O) groups is 1. The summed E-state index contributed by atoms with van der Waals surface area (Å²) < 4.78 is 0. The topological polar surface area (TPSA) is 65.5 Å². The maximum atomic E-state index is 12.3. The molecular weight excluding hydrogens is 242 g/mol. The lowest BCUT2D eigenvalue weighted by Gasteiger charge is -2.20. The van der Waals surface area contributed by atoms with Gasteiger partial charge in [0.25, 0.3) is 5.91 Å². The molecule has 19 heavy (non-hydrogen) atoms. The zero-order valence-electron chi connectivity index (χ0n) is 12.1. The molecule has 1 heterocycles.